The minimum Gasteiger partial charge on any atom is -0.381 e. The van der Waals surface area contributed by atoms with E-state index in [9.17, 15) is 4.79 Å². The molecule has 0 bridgehead atoms. The number of primary amides is 1. The molecule has 4 heteroatoms. The van der Waals surface area contributed by atoms with Crippen molar-refractivity contribution in [3.63, 3.8) is 0 Å². The topological polar surface area (TPSA) is 55.1 Å². The Kier molecular flexibility index (Phi) is 4.09. The van der Waals surface area contributed by atoms with Crippen LogP contribution in [0.2, 0.25) is 0 Å². The molecular weight excluding hydrogens is 256 g/mol. The third kappa shape index (κ3) is 3.66. The number of thioether (sulfide) groups is 1. The van der Waals surface area contributed by atoms with E-state index in [-0.39, 0.29) is 5.91 Å². The highest BCUT2D eigenvalue weighted by atomic mass is 32.2. The standard InChI is InChI=1S/C15H22N2OS/c1-10-6-11(14(16)18)4-5-13(10)17-12-7-15(2,3)9-19-8-12/h4-6,12,17H,7-9H2,1-3H3,(H2,16,18). The van der Waals surface area contributed by atoms with E-state index in [1.54, 1.807) is 6.07 Å². The zero-order valence-electron chi connectivity index (χ0n) is 11.8. The zero-order valence-corrected chi connectivity index (χ0v) is 12.6. The van der Waals surface area contributed by atoms with Gasteiger partial charge >= 0.3 is 0 Å². The largest absolute Gasteiger partial charge is 0.381 e. The summed E-state index contributed by atoms with van der Waals surface area (Å²) in [6, 6.07) is 6.10. The van der Waals surface area contributed by atoms with Crippen molar-refractivity contribution < 1.29 is 4.79 Å². The van der Waals surface area contributed by atoms with Crippen molar-refractivity contribution in [2.24, 2.45) is 11.1 Å². The Morgan fingerprint density at radius 1 is 1.47 bits per heavy atom. The first kappa shape index (κ1) is 14.3. The van der Waals surface area contributed by atoms with Crippen LogP contribution in [-0.4, -0.2) is 23.5 Å². The minimum atomic E-state index is -0.371. The van der Waals surface area contributed by atoms with E-state index in [0.29, 0.717) is 17.0 Å². The second-order valence-corrected chi connectivity index (χ2v) is 7.15. The maximum atomic E-state index is 11.1. The van der Waals surface area contributed by atoms with Crippen molar-refractivity contribution in [2.45, 2.75) is 33.2 Å². The van der Waals surface area contributed by atoms with Gasteiger partial charge in [-0.25, -0.2) is 0 Å². The molecule has 2 rings (SSSR count). The quantitative estimate of drug-likeness (QED) is 0.893. The van der Waals surface area contributed by atoms with Gasteiger partial charge in [0.25, 0.3) is 0 Å². The molecule has 1 aliphatic heterocycles. The summed E-state index contributed by atoms with van der Waals surface area (Å²) in [5, 5.41) is 3.60. The summed E-state index contributed by atoms with van der Waals surface area (Å²) < 4.78 is 0. The molecule has 1 aromatic rings. The third-order valence-electron chi connectivity index (χ3n) is 3.48. The van der Waals surface area contributed by atoms with Crippen LogP contribution in [-0.2, 0) is 0 Å². The fourth-order valence-corrected chi connectivity index (χ4v) is 3.83. The highest BCUT2D eigenvalue weighted by molar-refractivity contribution is 7.99. The summed E-state index contributed by atoms with van der Waals surface area (Å²) in [7, 11) is 0. The number of carbonyl (C=O) groups is 1. The summed E-state index contributed by atoms with van der Waals surface area (Å²) in [5.41, 5.74) is 8.43. The van der Waals surface area contributed by atoms with E-state index >= 15 is 0 Å². The lowest BCUT2D eigenvalue weighted by atomic mass is 9.87. The van der Waals surface area contributed by atoms with Crippen molar-refractivity contribution in [2.75, 3.05) is 16.8 Å². The van der Waals surface area contributed by atoms with Gasteiger partial charge in [-0.2, -0.15) is 11.8 Å². The van der Waals surface area contributed by atoms with E-state index < -0.39 is 0 Å². The first-order valence-electron chi connectivity index (χ1n) is 6.62. The van der Waals surface area contributed by atoms with Gasteiger partial charge < -0.3 is 11.1 Å². The van der Waals surface area contributed by atoms with Crippen LogP contribution in [0.4, 0.5) is 5.69 Å². The van der Waals surface area contributed by atoms with E-state index in [1.807, 2.05) is 30.8 Å². The van der Waals surface area contributed by atoms with E-state index in [0.717, 1.165) is 17.0 Å². The number of carbonyl (C=O) groups excluding carboxylic acids is 1. The Bertz CT molecular complexity index is 485. The van der Waals surface area contributed by atoms with Crippen LogP contribution in [0.15, 0.2) is 18.2 Å². The van der Waals surface area contributed by atoms with Crippen LogP contribution in [0, 0.1) is 12.3 Å². The Hall–Kier alpha value is -1.16. The minimum absolute atomic E-state index is 0.371. The predicted octanol–water partition coefficient (Wildman–Crippen LogP) is 3.04. The summed E-state index contributed by atoms with van der Waals surface area (Å²) >= 11 is 2.01. The molecule has 1 unspecified atom stereocenters. The van der Waals surface area contributed by atoms with Gasteiger partial charge in [-0.3, -0.25) is 4.79 Å². The molecule has 3 N–H and O–H groups in total. The number of aryl methyl sites for hydroxylation is 1. The maximum Gasteiger partial charge on any atom is 0.248 e. The molecular formula is C15H22N2OS. The number of hydrogen-bond acceptors (Lipinski definition) is 3. The fraction of sp³-hybridized carbons (Fsp3) is 0.533. The number of amides is 1. The molecule has 1 aromatic carbocycles. The number of hydrogen-bond donors (Lipinski definition) is 2. The number of anilines is 1. The smallest absolute Gasteiger partial charge is 0.248 e. The van der Waals surface area contributed by atoms with E-state index in [1.165, 1.54) is 12.2 Å². The summed E-state index contributed by atoms with van der Waals surface area (Å²) in [6.07, 6.45) is 1.18. The Morgan fingerprint density at radius 3 is 2.79 bits per heavy atom. The normalized spacial score (nSPS) is 21.9. The summed E-state index contributed by atoms with van der Waals surface area (Å²) in [6.45, 7) is 6.64. The highest BCUT2D eigenvalue weighted by Gasteiger charge is 2.28. The molecule has 1 fully saturated rings. The monoisotopic (exact) mass is 278 g/mol. The van der Waals surface area contributed by atoms with Crippen LogP contribution >= 0.6 is 11.8 Å². The van der Waals surface area contributed by atoms with E-state index in [4.69, 9.17) is 5.73 Å². The van der Waals surface area contributed by atoms with Gasteiger partial charge in [-0.1, -0.05) is 13.8 Å². The number of benzene rings is 1. The Morgan fingerprint density at radius 2 is 2.21 bits per heavy atom. The second-order valence-electron chi connectivity index (χ2n) is 6.12. The average molecular weight is 278 g/mol. The SMILES string of the molecule is Cc1cc(C(N)=O)ccc1NC1CSCC(C)(C)C1. The molecule has 0 aliphatic carbocycles. The molecule has 1 aliphatic rings. The lowest BCUT2D eigenvalue weighted by Crippen LogP contribution is -2.35. The Balaban J connectivity index is 2.09. The molecule has 104 valence electrons. The van der Waals surface area contributed by atoms with Gasteiger partial charge in [0.05, 0.1) is 0 Å². The lowest BCUT2D eigenvalue weighted by molar-refractivity contribution is 0.1000. The molecule has 0 spiro atoms. The van der Waals surface area contributed by atoms with Crippen LogP contribution in [0.25, 0.3) is 0 Å². The van der Waals surface area contributed by atoms with Crippen molar-refractivity contribution >= 4 is 23.4 Å². The van der Waals surface area contributed by atoms with Crippen LogP contribution in [0.5, 0.6) is 0 Å². The first-order valence-corrected chi connectivity index (χ1v) is 7.78. The second kappa shape index (κ2) is 5.45. The van der Waals surface area contributed by atoms with Crippen LogP contribution < -0.4 is 11.1 Å². The summed E-state index contributed by atoms with van der Waals surface area (Å²) in [4.78, 5) is 11.1. The molecule has 19 heavy (non-hydrogen) atoms. The third-order valence-corrected chi connectivity index (χ3v) is 5.11. The fourth-order valence-electron chi connectivity index (χ4n) is 2.55. The van der Waals surface area contributed by atoms with Gasteiger partial charge in [-0.05, 0) is 48.3 Å². The number of nitrogens with two attached hydrogens (primary N) is 1. The van der Waals surface area contributed by atoms with Crippen LogP contribution in [0.1, 0.15) is 36.2 Å². The average Bonchev–Trinajstić information content (AvgIpc) is 2.30. The molecule has 1 atom stereocenters. The van der Waals surface area contributed by atoms with Gasteiger partial charge in [0, 0.05) is 23.0 Å². The van der Waals surface area contributed by atoms with Gasteiger partial charge in [-0.15, -0.1) is 0 Å². The first-order chi connectivity index (χ1) is 8.87. The van der Waals surface area contributed by atoms with Crippen molar-refractivity contribution in [1.82, 2.24) is 0 Å². The zero-order chi connectivity index (χ0) is 14.0. The molecule has 1 heterocycles. The lowest BCUT2D eigenvalue weighted by Gasteiger charge is -2.35. The Labute approximate surface area is 119 Å². The molecule has 0 aromatic heterocycles. The van der Waals surface area contributed by atoms with Gasteiger partial charge in [0.15, 0.2) is 0 Å². The van der Waals surface area contributed by atoms with Crippen molar-refractivity contribution in [3.8, 4) is 0 Å². The molecule has 1 amide bonds. The van der Waals surface area contributed by atoms with Crippen LogP contribution in [0.3, 0.4) is 0 Å². The highest BCUT2D eigenvalue weighted by Crippen LogP contribution is 2.35. The number of rotatable bonds is 3. The maximum absolute atomic E-state index is 11.1. The predicted molar refractivity (Wildman–Crippen MR) is 82.8 cm³/mol. The van der Waals surface area contributed by atoms with Gasteiger partial charge in [0.1, 0.15) is 0 Å². The summed E-state index contributed by atoms with van der Waals surface area (Å²) in [5.74, 6) is 1.99. The number of nitrogens with one attached hydrogen (secondary N) is 1. The molecule has 1 saturated heterocycles. The molecule has 0 radical (unpaired) electrons. The molecule has 3 nitrogen and oxygen atoms in total. The van der Waals surface area contributed by atoms with Crippen molar-refractivity contribution in [3.05, 3.63) is 29.3 Å². The molecule has 0 saturated carbocycles. The van der Waals surface area contributed by atoms with Crippen molar-refractivity contribution in [1.29, 1.82) is 0 Å². The van der Waals surface area contributed by atoms with E-state index in [2.05, 4.69) is 19.2 Å². The van der Waals surface area contributed by atoms with Gasteiger partial charge in [0.2, 0.25) is 5.91 Å².